The molecule has 110 valence electrons. The zero-order valence-electron chi connectivity index (χ0n) is 11.9. The molecule has 1 aromatic rings. The molecule has 1 fully saturated rings. The summed E-state index contributed by atoms with van der Waals surface area (Å²) in [4.78, 5) is 15.5. The molecule has 0 spiro atoms. The number of nitrogens with zero attached hydrogens (tertiary/aromatic N) is 2. The lowest BCUT2D eigenvalue weighted by Crippen LogP contribution is -2.47. The van der Waals surface area contributed by atoms with Crippen LogP contribution in [-0.4, -0.2) is 48.4 Å². The molecule has 0 aromatic heterocycles. The van der Waals surface area contributed by atoms with Gasteiger partial charge in [-0.3, -0.25) is 9.69 Å². The minimum absolute atomic E-state index is 0.225. The lowest BCUT2D eigenvalue weighted by Gasteiger charge is -2.38. The monoisotopic (exact) mass is 295 g/mol. The Morgan fingerprint density at radius 1 is 1.30 bits per heavy atom. The summed E-state index contributed by atoms with van der Waals surface area (Å²) in [6.45, 7) is 6.89. The first-order valence-electron chi connectivity index (χ1n) is 7.07. The van der Waals surface area contributed by atoms with Gasteiger partial charge in [0, 0.05) is 50.2 Å². The third kappa shape index (κ3) is 3.95. The highest BCUT2D eigenvalue weighted by molar-refractivity contribution is 6.31. The van der Waals surface area contributed by atoms with Gasteiger partial charge in [0.25, 0.3) is 0 Å². The van der Waals surface area contributed by atoms with Gasteiger partial charge in [0.05, 0.1) is 0 Å². The van der Waals surface area contributed by atoms with E-state index in [-0.39, 0.29) is 5.91 Å². The standard InChI is InChI=1S/C15H22ClN3O/c1-12(13-4-2-3-5-14(13)16)19-10-8-18(9-11-19)7-6-15(17)20/h2-5,12H,6-11H2,1H3,(H2,17,20)/t12-/m0/s1. The SMILES string of the molecule is C[C@@H](c1ccccc1Cl)N1CCN(CCC(N)=O)CC1. The molecule has 2 rings (SSSR count). The van der Waals surface area contributed by atoms with Crippen LogP contribution >= 0.6 is 11.6 Å². The highest BCUT2D eigenvalue weighted by Crippen LogP contribution is 2.27. The number of nitrogens with two attached hydrogens (primary N) is 1. The van der Waals surface area contributed by atoms with Crippen LogP contribution in [0.3, 0.4) is 0 Å². The maximum atomic E-state index is 10.8. The summed E-state index contributed by atoms with van der Waals surface area (Å²) in [5, 5.41) is 0.830. The lowest BCUT2D eigenvalue weighted by molar-refractivity contribution is -0.118. The topological polar surface area (TPSA) is 49.6 Å². The van der Waals surface area contributed by atoms with Crippen LogP contribution in [0.4, 0.5) is 0 Å². The molecule has 0 radical (unpaired) electrons. The van der Waals surface area contributed by atoms with Crippen molar-refractivity contribution in [2.45, 2.75) is 19.4 Å². The molecule has 1 aromatic carbocycles. The number of carbonyl (C=O) groups is 1. The number of primary amides is 1. The fourth-order valence-corrected chi connectivity index (χ4v) is 2.95. The van der Waals surface area contributed by atoms with Crippen LogP contribution in [0.2, 0.25) is 5.02 Å². The average molecular weight is 296 g/mol. The lowest BCUT2D eigenvalue weighted by atomic mass is 10.1. The molecule has 1 heterocycles. The number of piperazine rings is 1. The van der Waals surface area contributed by atoms with Crippen molar-refractivity contribution >= 4 is 17.5 Å². The molecule has 0 aliphatic carbocycles. The van der Waals surface area contributed by atoms with Gasteiger partial charge in [-0.25, -0.2) is 0 Å². The van der Waals surface area contributed by atoms with Crippen LogP contribution in [-0.2, 0) is 4.79 Å². The van der Waals surface area contributed by atoms with E-state index in [0.29, 0.717) is 12.5 Å². The van der Waals surface area contributed by atoms with Gasteiger partial charge in [-0.15, -0.1) is 0 Å². The molecule has 1 aliphatic heterocycles. The molecule has 2 N–H and O–H groups in total. The largest absolute Gasteiger partial charge is 0.370 e. The second kappa shape index (κ2) is 7.07. The number of carbonyl (C=O) groups excluding carboxylic acids is 1. The number of amides is 1. The van der Waals surface area contributed by atoms with E-state index in [2.05, 4.69) is 22.8 Å². The number of halogens is 1. The first-order valence-corrected chi connectivity index (χ1v) is 7.45. The van der Waals surface area contributed by atoms with Gasteiger partial charge in [-0.1, -0.05) is 29.8 Å². The van der Waals surface area contributed by atoms with Crippen LogP contribution in [0.25, 0.3) is 0 Å². The van der Waals surface area contributed by atoms with Crippen LogP contribution in [0.1, 0.15) is 24.9 Å². The fourth-order valence-electron chi connectivity index (χ4n) is 2.65. The second-order valence-electron chi connectivity index (χ2n) is 5.29. The van der Waals surface area contributed by atoms with Crippen LogP contribution in [0.15, 0.2) is 24.3 Å². The van der Waals surface area contributed by atoms with E-state index < -0.39 is 0 Å². The van der Waals surface area contributed by atoms with E-state index in [0.717, 1.165) is 37.7 Å². The van der Waals surface area contributed by atoms with Gasteiger partial charge in [-0.2, -0.15) is 0 Å². The molecule has 0 bridgehead atoms. The van der Waals surface area contributed by atoms with Crippen molar-refractivity contribution in [1.82, 2.24) is 9.80 Å². The summed E-state index contributed by atoms with van der Waals surface area (Å²) in [5.41, 5.74) is 6.37. The normalized spacial score (nSPS) is 18.9. The van der Waals surface area contributed by atoms with Crippen molar-refractivity contribution < 1.29 is 4.79 Å². The van der Waals surface area contributed by atoms with Crippen LogP contribution in [0, 0.1) is 0 Å². The van der Waals surface area contributed by atoms with Gasteiger partial charge in [0.1, 0.15) is 0 Å². The first-order chi connectivity index (χ1) is 9.58. The smallest absolute Gasteiger partial charge is 0.218 e. The highest BCUT2D eigenvalue weighted by atomic mass is 35.5. The molecule has 1 amide bonds. The molecule has 0 unspecified atom stereocenters. The predicted molar refractivity (Wildman–Crippen MR) is 81.7 cm³/mol. The molecule has 20 heavy (non-hydrogen) atoms. The number of benzene rings is 1. The maximum absolute atomic E-state index is 10.8. The van der Waals surface area contributed by atoms with Crippen LogP contribution < -0.4 is 5.73 Å². The minimum atomic E-state index is -0.225. The van der Waals surface area contributed by atoms with E-state index in [1.807, 2.05) is 18.2 Å². The second-order valence-corrected chi connectivity index (χ2v) is 5.70. The van der Waals surface area contributed by atoms with Crippen molar-refractivity contribution in [2.75, 3.05) is 32.7 Å². The van der Waals surface area contributed by atoms with E-state index in [4.69, 9.17) is 17.3 Å². The van der Waals surface area contributed by atoms with E-state index in [1.54, 1.807) is 0 Å². The summed E-state index contributed by atoms with van der Waals surface area (Å²) in [6, 6.07) is 8.34. The van der Waals surface area contributed by atoms with Gasteiger partial charge in [0.15, 0.2) is 0 Å². The summed E-state index contributed by atoms with van der Waals surface area (Å²) in [5.74, 6) is -0.225. The molecule has 4 nitrogen and oxygen atoms in total. The Kier molecular flexibility index (Phi) is 5.40. The zero-order valence-corrected chi connectivity index (χ0v) is 12.6. The number of hydrogen-bond acceptors (Lipinski definition) is 3. The maximum Gasteiger partial charge on any atom is 0.218 e. The van der Waals surface area contributed by atoms with Gasteiger partial charge in [0.2, 0.25) is 5.91 Å². The Morgan fingerprint density at radius 2 is 1.95 bits per heavy atom. The zero-order chi connectivity index (χ0) is 14.5. The van der Waals surface area contributed by atoms with Crippen molar-refractivity contribution in [2.24, 2.45) is 5.73 Å². The minimum Gasteiger partial charge on any atom is -0.370 e. The third-order valence-corrected chi connectivity index (χ3v) is 4.33. The quantitative estimate of drug-likeness (QED) is 0.902. The van der Waals surface area contributed by atoms with Gasteiger partial charge >= 0.3 is 0 Å². The highest BCUT2D eigenvalue weighted by Gasteiger charge is 2.23. The third-order valence-electron chi connectivity index (χ3n) is 3.98. The predicted octanol–water partition coefficient (Wildman–Crippen LogP) is 1.89. The van der Waals surface area contributed by atoms with E-state index in [1.165, 1.54) is 5.56 Å². The average Bonchev–Trinajstić information content (AvgIpc) is 2.45. The molecule has 1 atom stereocenters. The first kappa shape index (κ1) is 15.3. The Bertz CT molecular complexity index is 458. The van der Waals surface area contributed by atoms with Crippen LogP contribution in [0.5, 0.6) is 0 Å². The summed E-state index contributed by atoms with van der Waals surface area (Å²) < 4.78 is 0. The number of hydrogen-bond donors (Lipinski definition) is 1. The van der Waals surface area contributed by atoms with E-state index >= 15 is 0 Å². The summed E-state index contributed by atoms with van der Waals surface area (Å²) in [6.07, 6.45) is 0.445. The molecular weight excluding hydrogens is 274 g/mol. The Labute approximate surface area is 125 Å². The van der Waals surface area contributed by atoms with Crippen molar-refractivity contribution in [3.8, 4) is 0 Å². The van der Waals surface area contributed by atoms with Crippen molar-refractivity contribution in [3.05, 3.63) is 34.9 Å². The number of rotatable bonds is 5. The summed E-state index contributed by atoms with van der Waals surface area (Å²) >= 11 is 6.26. The molecule has 5 heteroatoms. The molecule has 1 saturated heterocycles. The molecular formula is C15H22ClN3O. The fraction of sp³-hybridized carbons (Fsp3) is 0.533. The Balaban J connectivity index is 1.87. The van der Waals surface area contributed by atoms with Crippen molar-refractivity contribution in [3.63, 3.8) is 0 Å². The van der Waals surface area contributed by atoms with Gasteiger partial charge in [-0.05, 0) is 18.6 Å². The van der Waals surface area contributed by atoms with E-state index in [9.17, 15) is 4.79 Å². The Hall–Kier alpha value is -1.10. The van der Waals surface area contributed by atoms with Crippen molar-refractivity contribution in [1.29, 1.82) is 0 Å². The molecule has 0 saturated carbocycles. The Morgan fingerprint density at radius 3 is 2.55 bits per heavy atom. The summed E-state index contributed by atoms with van der Waals surface area (Å²) in [7, 11) is 0. The molecule has 1 aliphatic rings. The van der Waals surface area contributed by atoms with Gasteiger partial charge < -0.3 is 10.6 Å².